The molecular weight excluding hydrogens is 298 g/mol. The maximum Gasteiger partial charge on any atom is 0.254 e. The molecule has 0 aliphatic heterocycles. The summed E-state index contributed by atoms with van der Waals surface area (Å²) in [6.45, 7) is -0.145. The Balaban J connectivity index is 2.02. The third-order valence-electron chi connectivity index (χ3n) is 2.85. The Morgan fingerprint density at radius 3 is 2.76 bits per heavy atom. The molecule has 1 amide bonds. The molecule has 0 saturated carbocycles. The lowest BCUT2D eigenvalue weighted by atomic mass is 10.1. The molecule has 1 unspecified atom stereocenters. The summed E-state index contributed by atoms with van der Waals surface area (Å²) in [5, 5.41) is 12.3. The van der Waals surface area contributed by atoms with Gasteiger partial charge in [-0.25, -0.2) is 8.78 Å². The predicted octanol–water partition coefficient (Wildman–Crippen LogP) is 2.49. The van der Waals surface area contributed by atoms with Gasteiger partial charge in [0.1, 0.15) is 4.64 Å². The van der Waals surface area contributed by atoms with Crippen LogP contribution in [-0.4, -0.2) is 22.5 Å². The van der Waals surface area contributed by atoms with Crippen molar-refractivity contribution in [3.8, 4) is 0 Å². The fourth-order valence-corrected chi connectivity index (χ4v) is 1.95. The second-order valence-electron chi connectivity index (χ2n) is 4.31. The first-order valence-electron chi connectivity index (χ1n) is 6.08. The van der Waals surface area contributed by atoms with Crippen LogP contribution in [0.15, 0.2) is 36.5 Å². The van der Waals surface area contributed by atoms with E-state index >= 15 is 0 Å². The Morgan fingerprint density at radius 1 is 1.33 bits per heavy atom. The molecule has 2 aromatic rings. The Morgan fingerprint density at radius 2 is 2.10 bits per heavy atom. The van der Waals surface area contributed by atoms with Gasteiger partial charge in [-0.3, -0.25) is 4.79 Å². The summed E-state index contributed by atoms with van der Waals surface area (Å²) in [4.78, 5) is 14.6. The highest BCUT2D eigenvalue weighted by atomic mass is 32.1. The molecule has 7 heteroatoms. The molecule has 1 aromatic heterocycles. The number of rotatable bonds is 4. The van der Waals surface area contributed by atoms with Crippen LogP contribution < -0.4 is 5.32 Å². The monoisotopic (exact) mass is 310 g/mol. The van der Waals surface area contributed by atoms with Crippen molar-refractivity contribution in [2.75, 3.05) is 6.54 Å². The maximum atomic E-state index is 13.1. The van der Waals surface area contributed by atoms with Crippen LogP contribution in [0, 0.1) is 16.3 Å². The summed E-state index contributed by atoms with van der Waals surface area (Å²) in [5.74, 6) is -2.51. The number of nitrogens with one attached hydrogen (secondary N) is 2. The van der Waals surface area contributed by atoms with E-state index in [4.69, 9.17) is 12.2 Å². The molecule has 4 nitrogen and oxygen atoms in total. The molecule has 0 spiro atoms. The zero-order valence-electron chi connectivity index (χ0n) is 10.8. The van der Waals surface area contributed by atoms with E-state index in [1.807, 2.05) is 0 Å². The van der Waals surface area contributed by atoms with Crippen molar-refractivity contribution in [1.82, 2.24) is 10.3 Å². The Hall–Kier alpha value is -2.12. The third kappa shape index (κ3) is 3.71. The van der Waals surface area contributed by atoms with Gasteiger partial charge in [0.15, 0.2) is 11.6 Å². The summed E-state index contributed by atoms with van der Waals surface area (Å²) >= 11 is 4.96. The fraction of sp³-hybridized carbons (Fsp3) is 0.143. The smallest absolute Gasteiger partial charge is 0.254 e. The number of hydrogen-bond acceptors (Lipinski definition) is 3. The fourth-order valence-electron chi connectivity index (χ4n) is 1.72. The van der Waals surface area contributed by atoms with Gasteiger partial charge in [0.25, 0.3) is 5.91 Å². The molecular formula is C14H12F2N2O2S. The lowest BCUT2D eigenvalue weighted by molar-refractivity contribution is 0.0915. The van der Waals surface area contributed by atoms with Gasteiger partial charge in [-0.05, 0) is 29.8 Å². The lowest BCUT2D eigenvalue weighted by Crippen LogP contribution is -2.28. The molecule has 3 N–H and O–H groups in total. The van der Waals surface area contributed by atoms with Crippen LogP contribution in [0.3, 0.4) is 0 Å². The van der Waals surface area contributed by atoms with Gasteiger partial charge in [0.05, 0.1) is 11.7 Å². The van der Waals surface area contributed by atoms with Crippen LogP contribution in [-0.2, 0) is 0 Å². The van der Waals surface area contributed by atoms with Crippen LogP contribution in [0.1, 0.15) is 22.0 Å². The Labute approximate surface area is 124 Å². The number of aliphatic hydroxyl groups excluding tert-OH is 1. The number of carbonyl (C=O) groups excluding carboxylic acids is 1. The van der Waals surface area contributed by atoms with Gasteiger partial charge in [-0.2, -0.15) is 0 Å². The number of benzene rings is 1. The van der Waals surface area contributed by atoms with Crippen LogP contribution in [0.4, 0.5) is 8.78 Å². The number of carbonyl (C=O) groups is 1. The van der Waals surface area contributed by atoms with Crippen molar-refractivity contribution >= 4 is 18.1 Å². The molecule has 2 rings (SSSR count). The highest BCUT2D eigenvalue weighted by Gasteiger charge is 2.13. The number of aromatic amines is 1. The van der Waals surface area contributed by atoms with Crippen molar-refractivity contribution in [2.24, 2.45) is 0 Å². The lowest BCUT2D eigenvalue weighted by Gasteiger charge is -2.12. The Kier molecular flexibility index (Phi) is 4.77. The number of aromatic nitrogens is 1. The highest BCUT2D eigenvalue weighted by molar-refractivity contribution is 7.71. The first kappa shape index (κ1) is 15.3. The van der Waals surface area contributed by atoms with Crippen LogP contribution in [0.2, 0.25) is 0 Å². The molecule has 1 aromatic carbocycles. The number of halogens is 2. The zero-order valence-corrected chi connectivity index (χ0v) is 11.6. The minimum Gasteiger partial charge on any atom is -0.387 e. The van der Waals surface area contributed by atoms with Crippen LogP contribution in [0.25, 0.3) is 0 Å². The summed E-state index contributed by atoms with van der Waals surface area (Å²) in [6.07, 6.45) is 0.445. The molecule has 0 saturated heterocycles. The molecule has 0 bridgehead atoms. The first-order chi connectivity index (χ1) is 9.99. The number of amides is 1. The van der Waals surface area contributed by atoms with E-state index in [0.717, 1.165) is 12.1 Å². The van der Waals surface area contributed by atoms with Crippen LogP contribution in [0.5, 0.6) is 0 Å². The van der Waals surface area contributed by atoms with E-state index < -0.39 is 23.6 Å². The number of pyridine rings is 1. The topological polar surface area (TPSA) is 65.1 Å². The van der Waals surface area contributed by atoms with Gasteiger partial charge in [0.2, 0.25) is 0 Å². The molecule has 0 radical (unpaired) electrons. The second-order valence-corrected chi connectivity index (χ2v) is 4.72. The number of aliphatic hydroxyl groups is 1. The average Bonchev–Trinajstić information content (AvgIpc) is 2.47. The van der Waals surface area contributed by atoms with Gasteiger partial charge in [-0.1, -0.05) is 18.3 Å². The maximum absolute atomic E-state index is 13.1. The van der Waals surface area contributed by atoms with E-state index in [1.165, 1.54) is 12.1 Å². The first-order valence-corrected chi connectivity index (χ1v) is 6.49. The predicted molar refractivity (Wildman–Crippen MR) is 75.3 cm³/mol. The van der Waals surface area contributed by atoms with Crippen LogP contribution >= 0.6 is 12.2 Å². The summed E-state index contributed by atoms with van der Waals surface area (Å²) in [7, 11) is 0. The largest absolute Gasteiger partial charge is 0.387 e. The highest BCUT2D eigenvalue weighted by Crippen LogP contribution is 2.15. The SMILES string of the molecule is O=C(NCC(O)c1ccc(F)c(F)c1)c1ccc[nH]c1=S. The van der Waals surface area contributed by atoms with Gasteiger partial charge < -0.3 is 15.4 Å². The van der Waals surface area contributed by atoms with E-state index in [9.17, 15) is 18.7 Å². The van der Waals surface area contributed by atoms with Crippen molar-refractivity contribution in [3.05, 3.63) is 63.9 Å². The molecule has 21 heavy (non-hydrogen) atoms. The summed E-state index contributed by atoms with van der Waals surface area (Å²) in [5.41, 5.74) is 0.442. The Bertz CT molecular complexity index is 718. The molecule has 110 valence electrons. The van der Waals surface area contributed by atoms with Gasteiger partial charge in [0, 0.05) is 12.7 Å². The number of H-pyrrole nitrogens is 1. The second kappa shape index (κ2) is 6.55. The number of hydrogen-bond donors (Lipinski definition) is 3. The molecule has 1 atom stereocenters. The quantitative estimate of drug-likeness (QED) is 0.760. The van der Waals surface area contributed by atoms with Crippen molar-refractivity contribution in [1.29, 1.82) is 0 Å². The van der Waals surface area contributed by atoms with E-state index in [2.05, 4.69) is 10.3 Å². The van der Waals surface area contributed by atoms with Crippen molar-refractivity contribution in [3.63, 3.8) is 0 Å². The minimum atomic E-state index is -1.15. The summed E-state index contributed by atoms with van der Waals surface area (Å²) in [6, 6.07) is 6.23. The molecule has 0 aliphatic rings. The minimum absolute atomic E-state index is 0.145. The van der Waals surface area contributed by atoms with E-state index in [1.54, 1.807) is 12.3 Å². The molecule has 1 heterocycles. The zero-order chi connectivity index (χ0) is 15.4. The van der Waals surface area contributed by atoms with Crippen molar-refractivity contribution in [2.45, 2.75) is 6.10 Å². The van der Waals surface area contributed by atoms with E-state index in [0.29, 0.717) is 0 Å². The van der Waals surface area contributed by atoms with Gasteiger partial charge in [-0.15, -0.1) is 0 Å². The standard InChI is InChI=1S/C14H12F2N2O2S/c15-10-4-3-8(6-11(10)16)12(19)7-18-13(20)9-2-1-5-17-14(9)21/h1-6,12,19H,7H2,(H,17,21)(H,18,20). The molecule has 0 fully saturated rings. The normalized spacial score (nSPS) is 12.0. The molecule has 0 aliphatic carbocycles. The summed E-state index contributed by atoms with van der Waals surface area (Å²) < 4.78 is 26.1. The average molecular weight is 310 g/mol. The third-order valence-corrected chi connectivity index (χ3v) is 3.18. The van der Waals surface area contributed by atoms with Gasteiger partial charge >= 0.3 is 0 Å². The van der Waals surface area contributed by atoms with E-state index in [-0.39, 0.29) is 22.3 Å². The van der Waals surface area contributed by atoms with Crippen molar-refractivity contribution < 1.29 is 18.7 Å².